The van der Waals surface area contributed by atoms with Crippen LogP contribution in [0.1, 0.15) is 63.8 Å². The quantitative estimate of drug-likeness (QED) is 0.425. The van der Waals surface area contributed by atoms with Crippen LogP contribution in [-0.2, 0) is 27.7 Å². The molecule has 42 heavy (non-hydrogen) atoms. The van der Waals surface area contributed by atoms with Gasteiger partial charge in [0.1, 0.15) is 5.00 Å². The van der Waals surface area contributed by atoms with Crippen LogP contribution in [0.2, 0.25) is 0 Å². The van der Waals surface area contributed by atoms with Crippen LogP contribution in [0, 0.1) is 22.7 Å². The third-order valence-electron chi connectivity index (χ3n) is 7.12. The highest BCUT2D eigenvalue weighted by atomic mass is 32.2. The van der Waals surface area contributed by atoms with E-state index >= 15 is 0 Å². The van der Waals surface area contributed by atoms with E-state index in [-0.39, 0.29) is 55.4 Å². The molecule has 222 valence electrons. The first-order valence-electron chi connectivity index (χ1n) is 13.7. The van der Waals surface area contributed by atoms with Gasteiger partial charge in [-0.15, -0.1) is 11.3 Å². The Kier molecular flexibility index (Phi) is 10.2. The average molecular weight is 613 g/mol. The normalized spacial score (nSPS) is 14.7. The van der Waals surface area contributed by atoms with Gasteiger partial charge in [-0.3, -0.25) is 9.59 Å². The number of ether oxygens (including phenoxy) is 1. The van der Waals surface area contributed by atoms with Crippen molar-refractivity contribution in [2.45, 2.75) is 50.5 Å². The maximum atomic E-state index is 13.6. The van der Waals surface area contributed by atoms with Crippen molar-refractivity contribution in [3.63, 3.8) is 0 Å². The number of carbonyl (C=O) groups is 3. The first kappa shape index (κ1) is 31.0. The van der Waals surface area contributed by atoms with E-state index < -0.39 is 22.0 Å². The molecule has 3 heterocycles. The van der Waals surface area contributed by atoms with Crippen molar-refractivity contribution in [1.29, 1.82) is 10.5 Å². The number of hydrogen-bond acceptors (Lipinski definition) is 9. The monoisotopic (exact) mass is 612 g/mol. The van der Waals surface area contributed by atoms with E-state index in [1.54, 1.807) is 16.7 Å². The lowest BCUT2D eigenvalue weighted by molar-refractivity contribution is 0.0792. The van der Waals surface area contributed by atoms with Gasteiger partial charge in [-0.1, -0.05) is 0 Å². The molecule has 0 bridgehead atoms. The fourth-order valence-corrected chi connectivity index (χ4v) is 7.66. The number of thiophene rings is 1. The largest absolute Gasteiger partial charge is 0.450 e. The van der Waals surface area contributed by atoms with Gasteiger partial charge in [-0.25, -0.2) is 13.2 Å². The molecule has 0 spiro atoms. The third-order valence-corrected chi connectivity index (χ3v) is 10.2. The molecular weight excluding hydrogens is 580 g/mol. The molecule has 0 unspecified atom stereocenters. The summed E-state index contributed by atoms with van der Waals surface area (Å²) in [5.74, 6) is -0.665. The van der Waals surface area contributed by atoms with Crippen LogP contribution >= 0.6 is 11.3 Å². The molecule has 2 aliphatic rings. The van der Waals surface area contributed by atoms with E-state index in [0.717, 1.165) is 27.6 Å². The summed E-state index contributed by atoms with van der Waals surface area (Å²) in [6, 6.07) is 9.21. The maximum absolute atomic E-state index is 13.6. The fourth-order valence-electron chi connectivity index (χ4n) is 4.97. The number of rotatable bonds is 10. The number of sulfonamides is 1. The number of anilines is 1. The summed E-state index contributed by atoms with van der Waals surface area (Å²) in [7, 11) is -3.98. The second-order valence-corrected chi connectivity index (χ2v) is 12.8. The van der Waals surface area contributed by atoms with Crippen LogP contribution in [0.5, 0.6) is 0 Å². The fraction of sp³-hybridized carbons (Fsp3) is 0.464. The Balaban J connectivity index is 1.58. The molecule has 14 heteroatoms. The van der Waals surface area contributed by atoms with Gasteiger partial charge in [0.15, 0.2) is 0 Å². The van der Waals surface area contributed by atoms with Crippen molar-refractivity contribution in [3.8, 4) is 12.1 Å². The van der Waals surface area contributed by atoms with Crippen molar-refractivity contribution < 1.29 is 27.5 Å². The van der Waals surface area contributed by atoms with Crippen LogP contribution < -0.4 is 5.32 Å². The standard InChI is InChI=1S/C28H32N6O6S2/c1-2-40-28(37)33-18-11-22-23(19-33)41-26(24(22)27(36)32-14-3-4-15-32)31-25(35)20-7-9-21(10-8-20)42(38,39)34(16-5-12-29)17-6-13-30/h7-10H,2-6,11,14-19H2,1H3,(H,31,35). The molecule has 1 fully saturated rings. The zero-order valence-electron chi connectivity index (χ0n) is 23.3. The Morgan fingerprint density at radius 1 is 1.02 bits per heavy atom. The molecule has 0 aliphatic carbocycles. The van der Waals surface area contributed by atoms with Crippen molar-refractivity contribution in [2.24, 2.45) is 0 Å². The molecule has 2 aromatic rings. The van der Waals surface area contributed by atoms with Gasteiger partial charge in [-0.05, 0) is 56.0 Å². The van der Waals surface area contributed by atoms with Gasteiger partial charge < -0.3 is 19.9 Å². The lowest BCUT2D eigenvalue weighted by Crippen LogP contribution is -2.36. The van der Waals surface area contributed by atoms with Crippen molar-refractivity contribution >= 4 is 44.3 Å². The van der Waals surface area contributed by atoms with E-state index in [1.807, 2.05) is 12.1 Å². The van der Waals surface area contributed by atoms with Crippen molar-refractivity contribution in [3.05, 3.63) is 45.8 Å². The molecule has 1 saturated heterocycles. The number of nitrogens with one attached hydrogen (secondary N) is 1. The number of fused-ring (bicyclic) bond motifs is 1. The lowest BCUT2D eigenvalue weighted by Gasteiger charge is -2.26. The average Bonchev–Trinajstić information content (AvgIpc) is 3.65. The molecular formula is C28H32N6O6S2. The summed E-state index contributed by atoms with van der Waals surface area (Å²) >= 11 is 1.25. The Hall–Kier alpha value is -3.98. The Morgan fingerprint density at radius 2 is 1.67 bits per heavy atom. The smallest absolute Gasteiger partial charge is 0.410 e. The Labute approximate surface area is 249 Å². The molecule has 0 radical (unpaired) electrons. The van der Waals surface area contributed by atoms with E-state index in [4.69, 9.17) is 15.3 Å². The highest BCUT2D eigenvalue weighted by molar-refractivity contribution is 7.89. The number of amides is 3. The van der Waals surface area contributed by atoms with E-state index in [9.17, 15) is 22.8 Å². The first-order chi connectivity index (χ1) is 20.2. The molecule has 1 N–H and O–H groups in total. The summed E-state index contributed by atoms with van der Waals surface area (Å²) < 4.78 is 32.5. The topological polar surface area (TPSA) is 164 Å². The number of benzene rings is 1. The van der Waals surface area contributed by atoms with Crippen LogP contribution in [0.4, 0.5) is 9.80 Å². The number of carbonyl (C=O) groups excluding carboxylic acids is 3. The molecule has 0 saturated carbocycles. The molecule has 1 aromatic carbocycles. The van der Waals surface area contributed by atoms with Gasteiger partial charge >= 0.3 is 6.09 Å². The highest BCUT2D eigenvalue weighted by Gasteiger charge is 2.33. The minimum absolute atomic E-state index is 0.0219. The van der Waals surface area contributed by atoms with Crippen LogP contribution in [-0.4, -0.2) is 79.8 Å². The number of hydrogen-bond donors (Lipinski definition) is 1. The Bertz CT molecular complexity index is 1500. The molecule has 12 nitrogen and oxygen atoms in total. The molecule has 3 amide bonds. The molecule has 1 aromatic heterocycles. The van der Waals surface area contributed by atoms with Crippen LogP contribution in [0.25, 0.3) is 0 Å². The van der Waals surface area contributed by atoms with Gasteiger partial charge in [0, 0.05) is 56.0 Å². The van der Waals surface area contributed by atoms with Gasteiger partial charge in [0.25, 0.3) is 11.8 Å². The van der Waals surface area contributed by atoms with Crippen molar-refractivity contribution in [2.75, 3.05) is 44.6 Å². The summed E-state index contributed by atoms with van der Waals surface area (Å²) in [4.78, 5) is 43.3. The first-order valence-corrected chi connectivity index (χ1v) is 16.0. The number of nitrogens with zero attached hydrogens (tertiary/aromatic N) is 5. The highest BCUT2D eigenvalue weighted by Crippen LogP contribution is 2.39. The summed E-state index contributed by atoms with van der Waals surface area (Å²) in [6.07, 6.45) is 1.81. The van der Waals surface area contributed by atoms with Crippen molar-refractivity contribution in [1.82, 2.24) is 14.1 Å². The zero-order valence-corrected chi connectivity index (χ0v) is 24.9. The summed E-state index contributed by atoms with van der Waals surface area (Å²) in [5.41, 5.74) is 1.45. The second-order valence-electron chi connectivity index (χ2n) is 9.78. The molecule has 2 aliphatic heterocycles. The molecule has 4 rings (SSSR count). The Morgan fingerprint density at radius 3 is 2.26 bits per heavy atom. The van der Waals surface area contributed by atoms with Gasteiger partial charge in [0.2, 0.25) is 10.0 Å². The van der Waals surface area contributed by atoms with Crippen LogP contribution in [0.3, 0.4) is 0 Å². The minimum Gasteiger partial charge on any atom is -0.450 e. The predicted molar refractivity (Wildman–Crippen MR) is 154 cm³/mol. The zero-order chi connectivity index (χ0) is 30.3. The summed E-state index contributed by atoms with van der Waals surface area (Å²) in [6.45, 7) is 3.84. The van der Waals surface area contributed by atoms with Gasteiger partial charge in [0.05, 0.1) is 35.7 Å². The lowest BCUT2D eigenvalue weighted by atomic mass is 10.0. The number of likely N-dealkylation sites (tertiary alicyclic amines) is 1. The minimum atomic E-state index is -3.98. The summed E-state index contributed by atoms with van der Waals surface area (Å²) in [5, 5.41) is 21.0. The maximum Gasteiger partial charge on any atom is 0.410 e. The SMILES string of the molecule is CCOC(=O)N1CCc2c(sc(NC(=O)c3ccc(S(=O)(=O)N(CCC#N)CCC#N)cc3)c2C(=O)N2CCCC2)C1. The van der Waals surface area contributed by atoms with E-state index in [1.165, 1.54) is 35.6 Å². The van der Waals surface area contributed by atoms with Gasteiger partial charge in [-0.2, -0.15) is 14.8 Å². The second kappa shape index (κ2) is 13.8. The predicted octanol–water partition coefficient (Wildman–Crippen LogP) is 3.57. The van der Waals surface area contributed by atoms with E-state index in [0.29, 0.717) is 36.6 Å². The van der Waals surface area contributed by atoms with Crippen LogP contribution in [0.15, 0.2) is 29.2 Å². The van der Waals surface area contributed by atoms with E-state index in [2.05, 4.69) is 5.32 Å². The third kappa shape index (κ3) is 6.73. The molecule has 0 atom stereocenters. The number of nitriles is 2.